The summed E-state index contributed by atoms with van der Waals surface area (Å²) in [5, 5.41) is 11.0. The third kappa shape index (κ3) is 3.45. The van der Waals surface area contributed by atoms with Crippen molar-refractivity contribution >= 4 is 11.6 Å². The van der Waals surface area contributed by atoms with Crippen LogP contribution in [0.4, 0.5) is 8.78 Å². The molecule has 2 aromatic carbocycles. The van der Waals surface area contributed by atoms with Crippen LogP contribution in [-0.2, 0) is 5.54 Å². The molecular formula is C21H18ClF2N3O2. The second-order valence-electron chi connectivity index (χ2n) is 7.22. The van der Waals surface area contributed by atoms with Crippen LogP contribution in [0, 0.1) is 23.5 Å². The van der Waals surface area contributed by atoms with E-state index in [1.807, 2.05) is 0 Å². The van der Waals surface area contributed by atoms with E-state index in [0.29, 0.717) is 47.7 Å². The van der Waals surface area contributed by atoms with Crippen molar-refractivity contribution in [1.82, 2.24) is 10.5 Å². The molecule has 1 saturated heterocycles. The maximum absolute atomic E-state index is 13.8. The summed E-state index contributed by atoms with van der Waals surface area (Å²) < 4.78 is 32.7. The summed E-state index contributed by atoms with van der Waals surface area (Å²) in [7, 11) is 0. The number of aryl methyl sites for hydroxylation is 1. The Hall–Kier alpha value is -2.64. The molecule has 0 unspecified atom stereocenters. The Morgan fingerprint density at radius 1 is 1.24 bits per heavy atom. The van der Waals surface area contributed by atoms with Crippen molar-refractivity contribution in [3.8, 4) is 11.3 Å². The first-order chi connectivity index (χ1) is 13.9. The van der Waals surface area contributed by atoms with E-state index in [2.05, 4.69) is 15.7 Å². The van der Waals surface area contributed by atoms with E-state index in [9.17, 15) is 13.7 Å². The Morgan fingerprint density at radius 2 is 2.07 bits per heavy atom. The Bertz CT molecular complexity index is 1070. The molecule has 1 aliphatic rings. The predicted octanol–water partition coefficient (Wildman–Crippen LogP) is 5.32. The lowest BCUT2D eigenvalue weighted by Gasteiger charge is -2.38. The lowest BCUT2D eigenvalue weighted by atomic mass is 9.72. The van der Waals surface area contributed by atoms with Gasteiger partial charge in [-0.15, -0.1) is 4.91 Å². The average molecular weight is 418 g/mol. The van der Waals surface area contributed by atoms with Gasteiger partial charge in [0.25, 0.3) is 0 Å². The zero-order valence-electron chi connectivity index (χ0n) is 15.6. The maximum atomic E-state index is 13.8. The Balaban J connectivity index is 1.77. The maximum Gasteiger partial charge on any atom is 0.144 e. The van der Waals surface area contributed by atoms with Crippen molar-refractivity contribution in [3.05, 3.63) is 80.9 Å². The summed E-state index contributed by atoms with van der Waals surface area (Å²) >= 11 is 6.13. The van der Waals surface area contributed by atoms with E-state index in [1.54, 1.807) is 25.1 Å². The summed E-state index contributed by atoms with van der Waals surface area (Å²) in [4.78, 5) is 12.1. The highest BCUT2D eigenvalue weighted by atomic mass is 35.5. The van der Waals surface area contributed by atoms with E-state index >= 15 is 0 Å². The molecule has 1 fully saturated rings. The number of nitrogens with zero attached hydrogens (tertiary/aromatic N) is 2. The van der Waals surface area contributed by atoms with Crippen LogP contribution in [0.3, 0.4) is 0 Å². The third-order valence-corrected chi connectivity index (χ3v) is 5.82. The fourth-order valence-electron chi connectivity index (χ4n) is 3.90. The second kappa shape index (κ2) is 7.65. The van der Waals surface area contributed by atoms with Gasteiger partial charge in [-0.2, -0.15) is 0 Å². The number of nitrogens with one attached hydrogen (secondary N) is 1. The van der Waals surface area contributed by atoms with Crippen molar-refractivity contribution in [2.75, 3.05) is 13.1 Å². The first-order valence-electron chi connectivity index (χ1n) is 9.18. The molecule has 0 aliphatic carbocycles. The largest absolute Gasteiger partial charge is 0.360 e. The fourth-order valence-corrected chi connectivity index (χ4v) is 4.17. The van der Waals surface area contributed by atoms with Gasteiger partial charge < -0.3 is 9.84 Å². The van der Waals surface area contributed by atoms with Gasteiger partial charge in [-0.1, -0.05) is 34.1 Å². The fraction of sp³-hybridized carbons (Fsp3) is 0.286. The zero-order chi connectivity index (χ0) is 20.6. The first-order valence-corrected chi connectivity index (χ1v) is 9.56. The predicted molar refractivity (Wildman–Crippen MR) is 106 cm³/mol. The molecule has 1 aromatic heterocycles. The van der Waals surface area contributed by atoms with Gasteiger partial charge in [-0.3, -0.25) is 0 Å². The van der Waals surface area contributed by atoms with Gasteiger partial charge in [0, 0.05) is 18.2 Å². The number of hydrogen-bond acceptors (Lipinski definition) is 5. The molecule has 0 spiro atoms. The Kier molecular flexibility index (Phi) is 5.19. The average Bonchev–Trinajstić information content (AvgIpc) is 3.19. The normalized spacial score (nSPS) is 21.9. The summed E-state index contributed by atoms with van der Waals surface area (Å²) in [5.41, 5.74) is 0.919. The summed E-state index contributed by atoms with van der Waals surface area (Å²) in [6, 6.07) is 10.3. The van der Waals surface area contributed by atoms with Crippen LogP contribution in [-0.4, -0.2) is 18.2 Å². The highest BCUT2D eigenvalue weighted by Gasteiger charge is 2.47. The SMILES string of the molecule is Cc1cc([C@@]2(N=O)CCNC[C@@H]2c2cc(-c3ccc(F)cc3Cl)no2)ccc1F. The second-order valence-corrected chi connectivity index (χ2v) is 7.63. The molecule has 0 radical (unpaired) electrons. The molecule has 1 aliphatic heterocycles. The quantitative estimate of drug-likeness (QED) is 0.583. The van der Waals surface area contributed by atoms with Gasteiger partial charge >= 0.3 is 0 Å². The van der Waals surface area contributed by atoms with Crippen LogP contribution in [0.15, 0.2) is 52.2 Å². The minimum Gasteiger partial charge on any atom is -0.360 e. The van der Waals surface area contributed by atoms with Crippen LogP contribution in [0.1, 0.15) is 29.2 Å². The van der Waals surface area contributed by atoms with Gasteiger partial charge in [0.1, 0.15) is 28.6 Å². The number of aromatic nitrogens is 1. The third-order valence-electron chi connectivity index (χ3n) is 5.51. The molecule has 150 valence electrons. The van der Waals surface area contributed by atoms with E-state index in [4.69, 9.17) is 16.1 Å². The van der Waals surface area contributed by atoms with Gasteiger partial charge in [0.05, 0.1) is 10.9 Å². The molecule has 8 heteroatoms. The van der Waals surface area contributed by atoms with Crippen LogP contribution < -0.4 is 5.32 Å². The van der Waals surface area contributed by atoms with Crippen molar-refractivity contribution in [1.29, 1.82) is 0 Å². The number of benzene rings is 2. The lowest BCUT2D eigenvalue weighted by Crippen LogP contribution is -2.45. The number of halogens is 3. The Morgan fingerprint density at radius 3 is 2.79 bits per heavy atom. The summed E-state index contributed by atoms with van der Waals surface area (Å²) in [6.45, 7) is 2.67. The molecule has 2 atom stereocenters. The molecule has 29 heavy (non-hydrogen) atoms. The number of nitroso groups, excluding NO2 is 1. The molecule has 2 heterocycles. The molecule has 3 aromatic rings. The van der Waals surface area contributed by atoms with E-state index < -0.39 is 17.3 Å². The van der Waals surface area contributed by atoms with Crippen LogP contribution in [0.5, 0.6) is 0 Å². The number of piperidine rings is 1. The van der Waals surface area contributed by atoms with Gasteiger partial charge in [0.15, 0.2) is 0 Å². The highest BCUT2D eigenvalue weighted by Crippen LogP contribution is 2.46. The van der Waals surface area contributed by atoms with Crippen molar-refractivity contribution in [3.63, 3.8) is 0 Å². The Labute approximate surface area is 171 Å². The van der Waals surface area contributed by atoms with Crippen LogP contribution >= 0.6 is 11.6 Å². The minimum absolute atomic E-state index is 0.209. The summed E-state index contributed by atoms with van der Waals surface area (Å²) in [5.74, 6) is -0.781. The van der Waals surface area contributed by atoms with Crippen molar-refractivity contribution in [2.45, 2.75) is 24.8 Å². The minimum atomic E-state index is -1.12. The summed E-state index contributed by atoms with van der Waals surface area (Å²) in [6.07, 6.45) is 0.430. The van der Waals surface area contributed by atoms with Crippen molar-refractivity contribution in [2.24, 2.45) is 5.18 Å². The standard InChI is InChI=1S/C21H18ClF2N3O2/c1-12-8-13(2-5-18(12)24)21(27-28)6-7-25-11-16(21)20-10-19(26-29-20)15-4-3-14(23)9-17(15)22/h2-5,8-10,16,25H,6-7,11H2,1H3/t16-,21+/m1/s1. The first kappa shape index (κ1) is 19.7. The highest BCUT2D eigenvalue weighted by molar-refractivity contribution is 6.33. The van der Waals surface area contributed by atoms with Gasteiger partial charge in [0.2, 0.25) is 0 Å². The van der Waals surface area contributed by atoms with Crippen LogP contribution in [0.2, 0.25) is 5.02 Å². The molecule has 4 rings (SSSR count). The smallest absolute Gasteiger partial charge is 0.144 e. The van der Waals surface area contributed by atoms with Gasteiger partial charge in [-0.05, 0) is 55.3 Å². The van der Waals surface area contributed by atoms with E-state index in [1.165, 1.54) is 24.3 Å². The number of hydrogen-bond donors (Lipinski definition) is 1. The lowest BCUT2D eigenvalue weighted by molar-refractivity contribution is 0.226. The van der Waals surface area contributed by atoms with Crippen molar-refractivity contribution < 1.29 is 13.3 Å². The molecule has 0 bridgehead atoms. The molecular weight excluding hydrogens is 400 g/mol. The van der Waals surface area contributed by atoms with Gasteiger partial charge in [-0.25, -0.2) is 8.78 Å². The van der Waals surface area contributed by atoms with E-state index in [-0.39, 0.29) is 10.8 Å². The topological polar surface area (TPSA) is 67.5 Å². The monoisotopic (exact) mass is 417 g/mol. The zero-order valence-corrected chi connectivity index (χ0v) is 16.3. The molecule has 5 nitrogen and oxygen atoms in total. The number of rotatable bonds is 4. The van der Waals surface area contributed by atoms with Crippen LogP contribution in [0.25, 0.3) is 11.3 Å². The molecule has 0 amide bonds. The molecule has 0 saturated carbocycles. The molecule has 1 N–H and O–H groups in total. The van der Waals surface area contributed by atoms with E-state index in [0.717, 1.165) is 0 Å².